The second kappa shape index (κ2) is 6.20. The molecule has 1 aliphatic heterocycles. The van der Waals surface area contributed by atoms with E-state index >= 15 is 0 Å². The van der Waals surface area contributed by atoms with Crippen LogP contribution in [0, 0.1) is 0 Å². The van der Waals surface area contributed by atoms with Crippen LogP contribution < -0.4 is 5.32 Å². The van der Waals surface area contributed by atoms with Crippen LogP contribution in [0.2, 0.25) is 0 Å². The van der Waals surface area contributed by atoms with E-state index in [-0.39, 0.29) is 16.6 Å². The maximum Gasteiger partial charge on any atom is 0.242 e. The lowest BCUT2D eigenvalue weighted by molar-refractivity contribution is -0.136. The Labute approximate surface area is 104 Å². The van der Waals surface area contributed by atoms with Gasteiger partial charge in [-0.1, -0.05) is 15.9 Å². The van der Waals surface area contributed by atoms with Crippen molar-refractivity contribution in [3.63, 3.8) is 0 Å². The highest BCUT2D eigenvalue weighted by molar-refractivity contribution is 9.10. The summed E-state index contributed by atoms with van der Waals surface area (Å²) in [5.41, 5.74) is 0. The first-order chi connectivity index (χ1) is 7.57. The summed E-state index contributed by atoms with van der Waals surface area (Å²) in [6.07, 6.45) is 0.758. The fraction of sp³-hybridized carbons (Fsp3) is 0.800. The van der Waals surface area contributed by atoms with Crippen molar-refractivity contribution in [3.05, 3.63) is 0 Å². The summed E-state index contributed by atoms with van der Waals surface area (Å²) >= 11 is 3.28. The Morgan fingerprint density at radius 2 is 2.44 bits per heavy atom. The van der Waals surface area contributed by atoms with Gasteiger partial charge < -0.3 is 15.0 Å². The van der Waals surface area contributed by atoms with Crippen LogP contribution in [0.25, 0.3) is 0 Å². The molecule has 1 fully saturated rings. The van der Waals surface area contributed by atoms with Crippen molar-refractivity contribution in [1.82, 2.24) is 10.2 Å². The third-order valence-electron chi connectivity index (χ3n) is 2.63. The number of nitrogens with one attached hydrogen (secondary N) is 1. The van der Waals surface area contributed by atoms with Crippen LogP contribution in [-0.2, 0) is 14.3 Å². The van der Waals surface area contributed by atoms with E-state index in [1.54, 1.807) is 18.9 Å². The lowest BCUT2D eigenvalue weighted by atomic mass is 10.3. The van der Waals surface area contributed by atoms with Crippen molar-refractivity contribution in [2.75, 3.05) is 26.8 Å². The molecule has 0 aliphatic carbocycles. The highest BCUT2D eigenvalue weighted by atomic mass is 79.9. The minimum Gasteiger partial charge on any atom is -0.383 e. The average Bonchev–Trinajstić information content (AvgIpc) is 2.59. The molecule has 0 aromatic heterocycles. The van der Waals surface area contributed by atoms with Crippen LogP contribution in [-0.4, -0.2) is 54.4 Å². The van der Waals surface area contributed by atoms with E-state index in [2.05, 4.69) is 21.2 Å². The third kappa shape index (κ3) is 3.18. The molecule has 6 heteroatoms. The zero-order chi connectivity index (χ0) is 12.1. The van der Waals surface area contributed by atoms with Gasteiger partial charge in [0.1, 0.15) is 6.04 Å². The van der Waals surface area contributed by atoms with Crippen LogP contribution in [0.4, 0.5) is 0 Å². The van der Waals surface area contributed by atoms with Gasteiger partial charge in [-0.3, -0.25) is 9.59 Å². The molecule has 1 rings (SSSR count). The molecule has 5 nitrogen and oxygen atoms in total. The molecular weight excluding hydrogens is 276 g/mol. The Morgan fingerprint density at radius 1 is 1.75 bits per heavy atom. The summed E-state index contributed by atoms with van der Waals surface area (Å²) in [7, 11) is 1.58. The highest BCUT2D eigenvalue weighted by Gasteiger charge is 2.35. The van der Waals surface area contributed by atoms with Crippen LogP contribution in [0.3, 0.4) is 0 Å². The van der Waals surface area contributed by atoms with Gasteiger partial charge in [-0.05, 0) is 13.3 Å². The molecule has 1 aliphatic rings. The number of carbonyl (C=O) groups is 2. The van der Waals surface area contributed by atoms with Crippen molar-refractivity contribution < 1.29 is 14.3 Å². The van der Waals surface area contributed by atoms with E-state index in [4.69, 9.17) is 4.74 Å². The van der Waals surface area contributed by atoms with Gasteiger partial charge in [-0.25, -0.2) is 0 Å². The topological polar surface area (TPSA) is 58.6 Å². The maximum atomic E-state index is 11.7. The summed E-state index contributed by atoms with van der Waals surface area (Å²) in [6, 6.07) is -0.410. The molecule has 92 valence electrons. The van der Waals surface area contributed by atoms with Crippen molar-refractivity contribution >= 4 is 27.7 Å². The van der Waals surface area contributed by atoms with E-state index < -0.39 is 6.04 Å². The molecule has 0 aromatic carbocycles. The largest absolute Gasteiger partial charge is 0.383 e. The number of nitrogens with zero attached hydrogens (tertiary/aromatic N) is 1. The summed E-state index contributed by atoms with van der Waals surface area (Å²) < 4.78 is 4.83. The Bertz CT molecular complexity index is 273. The Hall–Kier alpha value is -0.620. The Balaban J connectivity index is 2.41. The Morgan fingerprint density at radius 3 is 2.94 bits per heavy atom. The minimum atomic E-state index is -0.410. The molecule has 0 spiro atoms. The summed E-state index contributed by atoms with van der Waals surface area (Å²) in [6.45, 7) is 3.33. The van der Waals surface area contributed by atoms with E-state index in [0.29, 0.717) is 19.7 Å². The summed E-state index contributed by atoms with van der Waals surface area (Å²) in [5.74, 6) is -0.138. The molecule has 1 heterocycles. The van der Waals surface area contributed by atoms with Gasteiger partial charge in [0.2, 0.25) is 11.8 Å². The van der Waals surface area contributed by atoms with Crippen molar-refractivity contribution in [1.29, 1.82) is 0 Å². The molecule has 1 N–H and O–H groups in total. The number of hydrogen-bond acceptors (Lipinski definition) is 3. The second-order valence-electron chi connectivity index (χ2n) is 3.75. The van der Waals surface area contributed by atoms with E-state index in [0.717, 1.165) is 6.42 Å². The second-order valence-corrected chi connectivity index (χ2v) is 4.85. The molecular formula is C10H17BrN2O3. The molecule has 0 radical (unpaired) electrons. The molecule has 1 saturated heterocycles. The van der Waals surface area contributed by atoms with Crippen LogP contribution in [0.15, 0.2) is 0 Å². The number of ether oxygens (including phenoxy) is 1. The zero-order valence-corrected chi connectivity index (χ0v) is 11.1. The van der Waals surface area contributed by atoms with Crippen molar-refractivity contribution in [2.45, 2.75) is 24.2 Å². The Kier molecular flexibility index (Phi) is 5.21. The number of methoxy groups -OCH3 is 1. The fourth-order valence-electron chi connectivity index (χ4n) is 1.62. The first-order valence-corrected chi connectivity index (χ1v) is 6.20. The van der Waals surface area contributed by atoms with E-state index in [1.165, 1.54) is 0 Å². The summed E-state index contributed by atoms with van der Waals surface area (Å²) in [4.78, 5) is 24.8. The molecule has 0 saturated carbocycles. The minimum absolute atomic E-state index is 0.00519. The predicted octanol–water partition coefficient (Wildman–Crippen LogP) is 0.133. The molecule has 0 bridgehead atoms. The quantitative estimate of drug-likeness (QED) is 0.579. The van der Waals surface area contributed by atoms with E-state index in [1.807, 2.05) is 0 Å². The molecule has 0 aromatic rings. The van der Waals surface area contributed by atoms with Gasteiger partial charge in [0.15, 0.2) is 0 Å². The SMILES string of the molecule is COCCNC(=O)C(C)N1CCC(Br)C1=O. The number of likely N-dealkylation sites (tertiary alicyclic amines) is 1. The van der Waals surface area contributed by atoms with Crippen molar-refractivity contribution in [2.24, 2.45) is 0 Å². The third-order valence-corrected chi connectivity index (χ3v) is 3.48. The van der Waals surface area contributed by atoms with Crippen molar-refractivity contribution in [3.8, 4) is 0 Å². The molecule has 16 heavy (non-hydrogen) atoms. The van der Waals surface area contributed by atoms with Gasteiger partial charge in [0.05, 0.1) is 11.4 Å². The smallest absolute Gasteiger partial charge is 0.242 e. The fourth-order valence-corrected chi connectivity index (χ4v) is 2.08. The van der Waals surface area contributed by atoms with Gasteiger partial charge in [-0.15, -0.1) is 0 Å². The maximum absolute atomic E-state index is 11.7. The van der Waals surface area contributed by atoms with Gasteiger partial charge in [0, 0.05) is 20.2 Å². The number of carbonyl (C=O) groups excluding carboxylic acids is 2. The standard InChI is InChI=1S/C10H17BrN2O3/c1-7(9(14)12-4-6-16-2)13-5-3-8(11)10(13)15/h7-8H,3-6H2,1-2H3,(H,12,14). The predicted molar refractivity (Wildman–Crippen MR) is 63.4 cm³/mol. The number of halogens is 1. The summed E-state index contributed by atoms with van der Waals surface area (Å²) in [5, 5.41) is 2.72. The van der Waals surface area contributed by atoms with Gasteiger partial charge in [-0.2, -0.15) is 0 Å². The van der Waals surface area contributed by atoms with Crippen LogP contribution in [0.1, 0.15) is 13.3 Å². The lowest BCUT2D eigenvalue weighted by Gasteiger charge is -2.23. The highest BCUT2D eigenvalue weighted by Crippen LogP contribution is 2.20. The molecule has 2 amide bonds. The molecule has 2 unspecified atom stereocenters. The van der Waals surface area contributed by atoms with E-state index in [9.17, 15) is 9.59 Å². The average molecular weight is 293 g/mol. The number of amides is 2. The van der Waals surface area contributed by atoms with Crippen LogP contribution >= 0.6 is 15.9 Å². The molecule has 2 atom stereocenters. The van der Waals surface area contributed by atoms with Gasteiger partial charge in [0.25, 0.3) is 0 Å². The first-order valence-electron chi connectivity index (χ1n) is 5.29. The zero-order valence-electron chi connectivity index (χ0n) is 9.53. The van der Waals surface area contributed by atoms with Gasteiger partial charge >= 0.3 is 0 Å². The number of alkyl halides is 1. The normalized spacial score (nSPS) is 22.3. The monoisotopic (exact) mass is 292 g/mol. The number of hydrogen-bond donors (Lipinski definition) is 1. The first kappa shape index (κ1) is 13.4. The van der Waals surface area contributed by atoms with Crippen LogP contribution in [0.5, 0.6) is 0 Å². The number of rotatable bonds is 5. The lowest BCUT2D eigenvalue weighted by Crippen LogP contribution is -2.47.